The van der Waals surface area contributed by atoms with Gasteiger partial charge in [-0.3, -0.25) is 4.98 Å². The van der Waals surface area contributed by atoms with Crippen LogP contribution < -0.4 is 5.32 Å². The first-order chi connectivity index (χ1) is 10.4. The van der Waals surface area contributed by atoms with Crippen LogP contribution in [0.5, 0.6) is 0 Å². The lowest BCUT2D eigenvalue weighted by Gasteiger charge is -2.21. The molecular weight excluding hydrogens is 262 g/mol. The molecule has 2 aliphatic carbocycles. The summed E-state index contributed by atoms with van der Waals surface area (Å²) in [5.74, 6) is 4.55. The topological polar surface area (TPSA) is 55.6 Å². The van der Waals surface area contributed by atoms with E-state index >= 15 is 0 Å². The first kappa shape index (κ1) is 12.8. The van der Waals surface area contributed by atoms with Crippen molar-refractivity contribution in [1.29, 1.82) is 0 Å². The Hall–Kier alpha value is -1.91. The summed E-state index contributed by atoms with van der Waals surface area (Å²) in [6, 6.07) is 1.89. The minimum Gasteiger partial charge on any atom is -0.369 e. The Labute approximate surface area is 124 Å². The van der Waals surface area contributed by atoms with E-state index in [0.717, 1.165) is 35.9 Å². The van der Waals surface area contributed by atoms with Crippen LogP contribution in [0.15, 0.2) is 30.9 Å². The second kappa shape index (κ2) is 5.47. The van der Waals surface area contributed by atoms with E-state index in [9.17, 15) is 0 Å². The normalized spacial score (nSPS) is 27.1. The van der Waals surface area contributed by atoms with Gasteiger partial charge < -0.3 is 5.32 Å². The fourth-order valence-corrected chi connectivity index (χ4v) is 4.07. The molecule has 3 unspecified atom stereocenters. The van der Waals surface area contributed by atoms with E-state index < -0.39 is 0 Å². The molecule has 2 aromatic heterocycles. The van der Waals surface area contributed by atoms with Crippen molar-refractivity contribution in [3.8, 4) is 5.82 Å². The summed E-state index contributed by atoms with van der Waals surface area (Å²) in [6.45, 7) is 0.991. The fourth-order valence-electron chi connectivity index (χ4n) is 4.07. The van der Waals surface area contributed by atoms with E-state index in [1.165, 1.54) is 32.1 Å². The predicted molar refractivity (Wildman–Crippen MR) is 81.2 cm³/mol. The largest absolute Gasteiger partial charge is 0.369 e. The lowest BCUT2D eigenvalue weighted by molar-refractivity contribution is 0.321. The lowest BCUT2D eigenvalue weighted by atomic mass is 9.86. The Morgan fingerprint density at radius 2 is 2.24 bits per heavy atom. The first-order valence-corrected chi connectivity index (χ1v) is 7.94. The van der Waals surface area contributed by atoms with Gasteiger partial charge in [0, 0.05) is 18.9 Å². The molecule has 2 saturated carbocycles. The van der Waals surface area contributed by atoms with E-state index in [2.05, 4.69) is 20.4 Å². The van der Waals surface area contributed by atoms with E-state index in [1.54, 1.807) is 23.3 Å². The van der Waals surface area contributed by atoms with Gasteiger partial charge in [0.1, 0.15) is 5.82 Å². The van der Waals surface area contributed by atoms with Crippen molar-refractivity contribution in [3.63, 3.8) is 0 Å². The molecule has 2 aromatic rings. The van der Waals surface area contributed by atoms with E-state index in [1.807, 2.05) is 12.3 Å². The number of anilines is 1. The van der Waals surface area contributed by atoms with Crippen molar-refractivity contribution in [2.45, 2.75) is 32.1 Å². The molecule has 0 saturated heterocycles. The van der Waals surface area contributed by atoms with Gasteiger partial charge in [0.25, 0.3) is 0 Å². The number of hydrogen-bond donors (Lipinski definition) is 1. The maximum atomic E-state index is 4.55. The van der Waals surface area contributed by atoms with Crippen LogP contribution in [0.4, 0.5) is 5.82 Å². The van der Waals surface area contributed by atoms with E-state index in [0.29, 0.717) is 0 Å². The number of aromatic nitrogens is 4. The molecule has 5 nitrogen and oxygen atoms in total. The van der Waals surface area contributed by atoms with Crippen molar-refractivity contribution in [2.75, 3.05) is 11.9 Å². The highest BCUT2D eigenvalue weighted by molar-refractivity contribution is 5.35. The van der Waals surface area contributed by atoms with Crippen LogP contribution in [0.25, 0.3) is 5.82 Å². The summed E-state index contributed by atoms with van der Waals surface area (Å²) in [5.41, 5.74) is 0. The zero-order valence-electron chi connectivity index (χ0n) is 12.2. The van der Waals surface area contributed by atoms with Crippen LogP contribution in [0.3, 0.4) is 0 Å². The molecule has 21 heavy (non-hydrogen) atoms. The molecule has 2 heterocycles. The molecule has 0 aliphatic heterocycles. The Morgan fingerprint density at radius 3 is 3.00 bits per heavy atom. The number of rotatable bonds is 5. The third-order valence-corrected chi connectivity index (χ3v) is 5.07. The smallest absolute Gasteiger partial charge is 0.173 e. The van der Waals surface area contributed by atoms with Gasteiger partial charge in [0.15, 0.2) is 5.82 Å². The molecule has 2 fully saturated rings. The second-order valence-corrected chi connectivity index (χ2v) is 6.36. The summed E-state index contributed by atoms with van der Waals surface area (Å²) in [4.78, 5) is 8.80. The molecule has 2 bridgehead atoms. The van der Waals surface area contributed by atoms with Crippen molar-refractivity contribution in [2.24, 2.45) is 17.8 Å². The van der Waals surface area contributed by atoms with Crippen molar-refractivity contribution in [3.05, 3.63) is 30.9 Å². The van der Waals surface area contributed by atoms with Crippen LogP contribution in [-0.4, -0.2) is 26.3 Å². The van der Waals surface area contributed by atoms with E-state index in [4.69, 9.17) is 0 Å². The number of nitrogens with zero attached hydrogens (tertiary/aromatic N) is 4. The Balaban J connectivity index is 1.34. The molecule has 110 valence electrons. The molecule has 1 N–H and O–H groups in total. The van der Waals surface area contributed by atoms with Gasteiger partial charge in [0.2, 0.25) is 0 Å². The zero-order chi connectivity index (χ0) is 14.1. The monoisotopic (exact) mass is 283 g/mol. The zero-order valence-corrected chi connectivity index (χ0v) is 12.2. The quantitative estimate of drug-likeness (QED) is 0.916. The molecular formula is C16H21N5. The number of fused-ring (bicyclic) bond motifs is 2. The molecule has 5 heteroatoms. The molecule has 4 rings (SSSR count). The van der Waals surface area contributed by atoms with Crippen LogP contribution >= 0.6 is 0 Å². The fraction of sp³-hybridized carbons (Fsp3) is 0.562. The summed E-state index contributed by atoms with van der Waals surface area (Å²) in [5, 5.41) is 7.60. The van der Waals surface area contributed by atoms with Crippen LogP contribution in [0.1, 0.15) is 32.1 Å². The van der Waals surface area contributed by atoms with Crippen molar-refractivity contribution >= 4 is 5.82 Å². The molecule has 0 radical (unpaired) electrons. The van der Waals surface area contributed by atoms with Gasteiger partial charge in [-0.05, 0) is 49.5 Å². The SMILES string of the molecule is c1cnn(-c2cncc(NCCC3CC4CCC3C4)n2)c1. The molecule has 0 amide bonds. The maximum absolute atomic E-state index is 4.55. The van der Waals surface area contributed by atoms with Crippen LogP contribution in [0.2, 0.25) is 0 Å². The lowest BCUT2D eigenvalue weighted by Crippen LogP contribution is -2.15. The van der Waals surface area contributed by atoms with E-state index in [-0.39, 0.29) is 0 Å². The highest BCUT2D eigenvalue weighted by atomic mass is 15.3. The Morgan fingerprint density at radius 1 is 1.24 bits per heavy atom. The van der Waals surface area contributed by atoms with Gasteiger partial charge in [-0.15, -0.1) is 0 Å². The highest BCUT2D eigenvalue weighted by Gasteiger charge is 2.38. The minimum absolute atomic E-state index is 0.755. The predicted octanol–water partition coefficient (Wildman–Crippen LogP) is 2.90. The Bertz CT molecular complexity index is 594. The standard InChI is InChI=1S/C16H21N5/c1-5-19-21(7-1)16-11-17-10-15(20-16)18-6-4-14-9-12-2-3-13(14)8-12/h1,5,7,10-14H,2-4,6,8-9H2,(H,18,20). The minimum atomic E-state index is 0.755. The second-order valence-electron chi connectivity index (χ2n) is 6.36. The van der Waals surface area contributed by atoms with Gasteiger partial charge in [-0.2, -0.15) is 5.10 Å². The summed E-state index contributed by atoms with van der Waals surface area (Å²) < 4.78 is 1.73. The Kier molecular flexibility index (Phi) is 3.33. The highest BCUT2D eigenvalue weighted by Crippen LogP contribution is 2.49. The molecule has 0 aromatic carbocycles. The van der Waals surface area contributed by atoms with Gasteiger partial charge in [0.05, 0.1) is 12.4 Å². The molecule has 0 spiro atoms. The third-order valence-electron chi connectivity index (χ3n) is 5.07. The molecule has 3 atom stereocenters. The van der Waals surface area contributed by atoms with Crippen LogP contribution in [-0.2, 0) is 0 Å². The maximum Gasteiger partial charge on any atom is 0.173 e. The third kappa shape index (κ3) is 2.64. The van der Waals surface area contributed by atoms with Crippen molar-refractivity contribution in [1.82, 2.24) is 19.7 Å². The summed E-state index contributed by atoms with van der Waals surface area (Å²) >= 11 is 0. The van der Waals surface area contributed by atoms with Gasteiger partial charge in [-0.1, -0.05) is 6.42 Å². The average Bonchev–Trinajstić information content (AvgIpc) is 3.25. The summed E-state index contributed by atoms with van der Waals surface area (Å²) in [6.07, 6.45) is 14.3. The van der Waals surface area contributed by atoms with Gasteiger partial charge >= 0.3 is 0 Å². The first-order valence-electron chi connectivity index (χ1n) is 7.94. The average molecular weight is 283 g/mol. The molecule has 2 aliphatic rings. The number of nitrogens with one attached hydrogen (secondary N) is 1. The van der Waals surface area contributed by atoms with Gasteiger partial charge in [-0.25, -0.2) is 9.67 Å². The van der Waals surface area contributed by atoms with Crippen LogP contribution in [0, 0.1) is 17.8 Å². The summed E-state index contributed by atoms with van der Waals surface area (Å²) in [7, 11) is 0. The number of hydrogen-bond acceptors (Lipinski definition) is 4. The van der Waals surface area contributed by atoms with Crippen molar-refractivity contribution < 1.29 is 0 Å².